The van der Waals surface area contributed by atoms with Gasteiger partial charge in [0.2, 0.25) is 15.9 Å². The van der Waals surface area contributed by atoms with Gasteiger partial charge in [0.25, 0.3) is 5.69 Å². The molecule has 3 rings (SSSR count). The molecule has 0 fully saturated rings. The lowest BCUT2D eigenvalue weighted by atomic mass is 10.1. The molecule has 0 spiro atoms. The molecule has 0 saturated heterocycles. The van der Waals surface area contributed by atoms with Crippen molar-refractivity contribution < 1.29 is 27.6 Å². The summed E-state index contributed by atoms with van der Waals surface area (Å²) in [6.45, 7) is 0. The van der Waals surface area contributed by atoms with Crippen LogP contribution in [0.15, 0.2) is 77.7 Å². The first kappa shape index (κ1) is 24.7. The van der Waals surface area contributed by atoms with Crippen LogP contribution in [0.2, 0.25) is 0 Å². The fourth-order valence-electron chi connectivity index (χ4n) is 3.20. The summed E-state index contributed by atoms with van der Waals surface area (Å²) in [6, 6.07) is 17.1. The van der Waals surface area contributed by atoms with Crippen molar-refractivity contribution in [1.29, 1.82) is 0 Å². The summed E-state index contributed by atoms with van der Waals surface area (Å²) >= 11 is 0. The minimum atomic E-state index is -4.15. The Balaban J connectivity index is 1.90. The van der Waals surface area contributed by atoms with Crippen molar-refractivity contribution in [3.05, 3.63) is 88.5 Å². The first-order chi connectivity index (χ1) is 16.2. The van der Waals surface area contributed by atoms with Gasteiger partial charge in [-0.05, 0) is 30.2 Å². The van der Waals surface area contributed by atoms with E-state index in [4.69, 9.17) is 9.47 Å². The molecule has 2 N–H and O–H groups in total. The average Bonchev–Trinajstić information content (AvgIpc) is 2.83. The van der Waals surface area contributed by atoms with Gasteiger partial charge in [-0.3, -0.25) is 14.9 Å². The molecule has 34 heavy (non-hydrogen) atoms. The topological polar surface area (TPSA) is 137 Å². The predicted octanol–water partition coefficient (Wildman–Crippen LogP) is 3.14. The van der Waals surface area contributed by atoms with Gasteiger partial charge in [-0.2, -0.15) is 4.72 Å². The molecule has 0 aliphatic carbocycles. The highest BCUT2D eigenvalue weighted by Crippen LogP contribution is 2.29. The summed E-state index contributed by atoms with van der Waals surface area (Å²) in [7, 11) is -1.34. The molecule has 178 valence electrons. The number of anilines is 1. The number of carbonyl (C=O) groups excluding carboxylic acids is 1. The molecule has 10 nitrogen and oxygen atoms in total. The molecule has 11 heteroatoms. The number of nitrogens with zero attached hydrogens (tertiary/aromatic N) is 1. The van der Waals surface area contributed by atoms with Crippen molar-refractivity contribution in [2.24, 2.45) is 0 Å². The molecule has 0 aromatic heterocycles. The van der Waals surface area contributed by atoms with E-state index >= 15 is 0 Å². The zero-order valence-electron chi connectivity index (χ0n) is 18.4. The van der Waals surface area contributed by atoms with Crippen molar-refractivity contribution in [3.63, 3.8) is 0 Å². The van der Waals surface area contributed by atoms with Crippen LogP contribution < -0.4 is 19.5 Å². The highest BCUT2D eigenvalue weighted by Gasteiger charge is 2.27. The van der Waals surface area contributed by atoms with Crippen LogP contribution in [0.3, 0.4) is 0 Å². The third kappa shape index (κ3) is 6.09. The van der Waals surface area contributed by atoms with E-state index in [2.05, 4.69) is 10.0 Å². The monoisotopic (exact) mass is 485 g/mol. The molecule has 1 amide bonds. The summed E-state index contributed by atoms with van der Waals surface area (Å²) < 4.78 is 39.0. The van der Waals surface area contributed by atoms with E-state index in [0.717, 1.165) is 5.56 Å². The molecule has 1 atom stereocenters. The minimum absolute atomic E-state index is 0.0497. The Bertz CT molecular complexity index is 1280. The first-order valence-electron chi connectivity index (χ1n) is 10.1. The van der Waals surface area contributed by atoms with Crippen molar-refractivity contribution in [3.8, 4) is 11.5 Å². The van der Waals surface area contributed by atoms with Gasteiger partial charge in [-0.1, -0.05) is 36.4 Å². The lowest BCUT2D eigenvalue weighted by molar-refractivity contribution is -0.384. The maximum absolute atomic E-state index is 13.1. The van der Waals surface area contributed by atoms with Gasteiger partial charge in [0.05, 0.1) is 24.0 Å². The Morgan fingerprint density at radius 3 is 2.32 bits per heavy atom. The normalized spacial score (nSPS) is 11.9. The smallest absolute Gasteiger partial charge is 0.271 e. The third-order valence-corrected chi connectivity index (χ3v) is 6.36. The number of carbonyl (C=O) groups is 1. The fraction of sp³-hybridized carbons (Fsp3) is 0.174. The van der Waals surface area contributed by atoms with E-state index in [1.165, 1.54) is 56.7 Å². The molecule has 3 aromatic carbocycles. The molecule has 0 bridgehead atoms. The van der Waals surface area contributed by atoms with Gasteiger partial charge >= 0.3 is 0 Å². The third-order valence-electron chi connectivity index (χ3n) is 4.89. The Kier molecular flexibility index (Phi) is 7.82. The SMILES string of the molecule is COc1ccc(S(=O)(=O)N[C@@H](Cc2ccccc2)C(=O)Nc2cccc([N+](=O)[O-])c2)cc1OC. The number of rotatable bonds is 10. The number of amides is 1. The minimum Gasteiger partial charge on any atom is -0.493 e. The number of ether oxygens (including phenoxy) is 2. The molecule has 0 heterocycles. The van der Waals surface area contributed by atoms with Gasteiger partial charge in [0.15, 0.2) is 11.5 Å². The number of non-ortho nitro benzene ring substituents is 1. The summed E-state index contributed by atoms with van der Waals surface area (Å²) in [5.41, 5.74) is 0.683. The zero-order chi connectivity index (χ0) is 24.7. The van der Waals surface area contributed by atoms with Crippen LogP contribution in [-0.4, -0.2) is 39.5 Å². The van der Waals surface area contributed by atoms with Crippen molar-refractivity contribution >= 4 is 27.3 Å². The van der Waals surface area contributed by atoms with Crippen LogP contribution in [0.25, 0.3) is 0 Å². The summed E-state index contributed by atoms with van der Waals surface area (Å²) in [6.07, 6.45) is 0.0497. The maximum Gasteiger partial charge on any atom is 0.271 e. The first-order valence-corrected chi connectivity index (χ1v) is 11.6. The van der Waals surface area contributed by atoms with Gasteiger partial charge < -0.3 is 14.8 Å². The molecular formula is C23H23N3O7S. The Morgan fingerprint density at radius 2 is 1.68 bits per heavy atom. The van der Waals surface area contributed by atoms with Gasteiger partial charge in [-0.25, -0.2) is 8.42 Å². The van der Waals surface area contributed by atoms with Gasteiger partial charge in [0.1, 0.15) is 6.04 Å². The number of hydrogen-bond acceptors (Lipinski definition) is 7. The van der Waals surface area contributed by atoms with E-state index in [1.54, 1.807) is 30.3 Å². The second-order valence-electron chi connectivity index (χ2n) is 7.18. The van der Waals surface area contributed by atoms with Crippen molar-refractivity contribution in [2.45, 2.75) is 17.4 Å². The molecule has 0 aliphatic rings. The number of methoxy groups -OCH3 is 2. The Labute approximate surface area is 196 Å². The van der Waals surface area contributed by atoms with E-state index in [0.29, 0.717) is 5.75 Å². The largest absolute Gasteiger partial charge is 0.493 e. The lowest BCUT2D eigenvalue weighted by Gasteiger charge is -2.19. The van der Waals surface area contributed by atoms with E-state index in [1.807, 2.05) is 0 Å². The van der Waals surface area contributed by atoms with E-state index in [-0.39, 0.29) is 28.4 Å². The van der Waals surface area contributed by atoms with E-state index < -0.39 is 26.9 Å². The number of sulfonamides is 1. The molecule has 0 radical (unpaired) electrons. The summed E-state index contributed by atoms with van der Waals surface area (Å²) in [5, 5.41) is 13.6. The van der Waals surface area contributed by atoms with Crippen LogP contribution >= 0.6 is 0 Å². The van der Waals surface area contributed by atoms with Crippen LogP contribution in [0.5, 0.6) is 11.5 Å². The standard InChI is InChI=1S/C23H23N3O7S/c1-32-21-12-11-19(15-22(21)33-2)34(30,31)25-20(13-16-7-4-3-5-8-16)23(27)24-17-9-6-10-18(14-17)26(28)29/h3-12,14-15,20,25H,13H2,1-2H3,(H,24,27)/t20-/m0/s1. The van der Waals surface area contributed by atoms with Crippen molar-refractivity contribution in [1.82, 2.24) is 4.72 Å². The second-order valence-corrected chi connectivity index (χ2v) is 8.89. The number of nitro benzene ring substituents is 1. The summed E-state index contributed by atoms with van der Waals surface area (Å²) in [4.78, 5) is 23.4. The fourth-order valence-corrected chi connectivity index (χ4v) is 4.41. The number of hydrogen-bond donors (Lipinski definition) is 2. The molecule has 0 aliphatic heterocycles. The van der Waals surface area contributed by atoms with Crippen LogP contribution in [0, 0.1) is 10.1 Å². The highest BCUT2D eigenvalue weighted by molar-refractivity contribution is 7.89. The molecular weight excluding hydrogens is 462 g/mol. The van der Waals surface area contributed by atoms with Crippen LogP contribution in [-0.2, 0) is 21.2 Å². The maximum atomic E-state index is 13.1. The number of nitrogens with one attached hydrogen (secondary N) is 2. The Hall–Kier alpha value is -3.96. The second kappa shape index (κ2) is 10.8. The Morgan fingerprint density at radius 1 is 0.971 bits per heavy atom. The highest BCUT2D eigenvalue weighted by atomic mass is 32.2. The summed E-state index contributed by atoms with van der Waals surface area (Å²) in [5.74, 6) is -0.106. The zero-order valence-corrected chi connectivity index (χ0v) is 19.2. The molecule has 3 aromatic rings. The van der Waals surface area contributed by atoms with Crippen LogP contribution in [0.1, 0.15) is 5.56 Å². The quantitative estimate of drug-likeness (QED) is 0.332. The van der Waals surface area contributed by atoms with Gasteiger partial charge in [0, 0.05) is 23.9 Å². The number of benzene rings is 3. The molecule has 0 saturated carbocycles. The van der Waals surface area contributed by atoms with Gasteiger partial charge in [-0.15, -0.1) is 0 Å². The number of nitro groups is 1. The van der Waals surface area contributed by atoms with E-state index in [9.17, 15) is 23.3 Å². The van der Waals surface area contributed by atoms with Crippen molar-refractivity contribution in [2.75, 3.05) is 19.5 Å². The molecule has 0 unspecified atom stereocenters. The lowest BCUT2D eigenvalue weighted by Crippen LogP contribution is -2.45. The predicted molar refractivity (Wildman–Crippen MR) is 126 cm³/mol. The van der Waals surface area contributed by atoms with Crippen LogP contribution in [0.4, 0.5) is 11.4 Å². The average molecular weight is 486 g/mol.